The number of nitrogens with one attached hydrogen (secondary N) is 1. The second-order valence-corrected chi connectivity index (χ2v) is 8.14. The number of rotatable bonds is 3. The fourth-order valence-electron chi connectivity index (χ4n) is 4.37. The molecule has 2 aliphatic rings. The summed E-state index contributed by atoms with van der Waals surface area (Å²) >= 11 is 0. The van der Waals surface area contributed by atoms with Crippen LogP contribution in [0.25, 0.3) is 0 Å². The molecular weight excluding hydrogens is 262 g/mol. The van der Waals surface area contributed by atoms with Gasteiger partial charge in [-0.1, -0.05) is 39.8 Å². The highest BCUT2D eigenvalue weighted by Crippen LogP contribution is 2.45. The molecule has 1 aliphatic carbocycles. The van der Waals surface area contributed by atoms with Crippen molar-refractivity contribution in [3.8, 4) is 11.5 Å². The van der Waals surface area contributed by atoms with Gasteiger partial charge in [-0.3, -0.25) is 0 Å². The number of fused-ring (bicyclic) bond motifs is 1. The van der Waals surface area contributed by atoms with E-state index in [1.54, 1.807) is 0 Å². The number of ether oxygens (including phenoxy) is 2. The van der Waals surface area contributed by atoms with Crippen LogP contribution in [0.15, 0.2) is 18.2 Å². The summed E-state index contributed by atoms with van der Waals surface area (Å²) in [5.41, 5.74) is 2.03. The van der Waals surface area contributed by atoms with Crippen LogP contribution in [0.4, 0.5) is 0 Å². The topological polar surface area (TPSA) is 30.5 Å². The molecule has 0 aromatic heterocycles. The number of benzene rings is 1. The van der Waals surface area contributed by atoms with Crippen molar-refractivity contribution < 1.29 is 9.47 Å². The van der Waals surface area contributed by atoms with Crippen LogP contribution in [-0.4, -0.2) is 12.8 Å². The van der Waals surface area contributed by atoms with Gasteiger partial charge in [0.15, 0.2) is 11.5 Å². The Morgan fingerprint density at radius 3 is 2.52 bits per heavy atom. The monoisotopic (exact) mass is 289 g/mol. The first-order chi connectivity index (χ1) is 9.85. The molecule has 3 nitrogen and oxygen atoms in total. The summed E-state index contributed by atoms with van der Waals surface area (Å²) in [6.07, 6.45) is 3.78. The maximum atomic E-state index is 5.59. The fourth-order valence-corrected chi connectivity index (χ4v) is 4.37. The molecule has 1 aromatic rings. The molecule has 3 rings (SSSR count). The van der Waals surface area contributed by atoms with Gasteiger partial charge in [0.1, 0.15) is 0 Å². The minimum absolute atomic E-state index is 0.343. The molecule has 0 amide bonds. The van der Waals surface area contributed by atoms with Gasteiger partial charge in [0.05, 0.1) is 0 Å². The van der Waals surface area contributed by atoms with Gasteiger partial charge in [-0.25, -0.2) is 0 Å². The second-order valence-electron chi connectivity index (χ2n) is 8.14. The molecule has 116 valence electrons. The lowest BCUT2D eigenvalue weighted by molar-refractivity contribution is 0.0844. The van der Waals surface area contributed by atoms with Gasteiger partial charge in [-0.15, -0.1) is 0 Å². The van der Waals surface area contributed by atoms with E-state index in [-0.39, 0.29) is 0 Å². The van der Waals surface area contributed by atoms with Crippen LogP contribution in [0.2, 0.25) is 0 Å². The Morgan fingerprint density at radius 1 is 1.10 bits per heavy atom. The van der Waals surface area contributed by atoms with E-state index < -0.39 is 0 Å². The van der Waals surface area contributed by atoms with E-state index in [9.17, 15) is 0 Å². The van der Waals surface area contributed by atoms with E-state index in [4.69, 9.17) is 9.47 Å². The van der Waals surface area contributed by atoms with Crippen molar-refractivity contribution in [3.63, 3.8) is 0 Å². The quantitative estimate of drug-likeness (QED) is 0.908. The zero-order valence-electron chi connectivity index (χ0n) is 13.7. The average Bonchev–Trinajstić information content (AvgIpc) is 2.81. The van der Waals surface area contributed by atoms with E-state index in [2.05, 4.69) is 39.1 Å². The summed E-state index contributed by atoms with van der Waals surface area (Å²) in [5, 5.41) is 3.74. The van der Waals surface area contributed by atoms with Gasteiger partial charge in [0, 0.05) is 18.2 Å². The van der Waals surface area contributed by atoms with Crippen molar-refractivity contribution in [2.45, 2.75) is 59.5 Å². The predicted molar refractivity (Wildman–Crippen MR) is 84.6 cm³/mol. The number of hydrogen-bond donors (Lipinski definition) is 1. The second kappa shape index (κ2) is 5.20. The largest absolute Gasteiger partial charge is 0.454 e. The van der Waals surface area contributed by atoms with E-state index in [1.165, 1.54) is 24.8 Å². The number of para-hydroxylation sites is 1. The molecule has 0 spiro atoms. The molecule has 1 aliphatic heterocycles. The van der Waals surface area contributed by atoms with Crippen LogP contribution in [0, 0.1) is 10.8 Å². The molecule has 0 radical (unpaired) electrons. The van der Waals surface area contributed by atoms with E-state index >= 15 is 0 Å². The minimum Gasteiger partial charge on any atom is -0.454 e. The first kappa shape index (κ1) is 14.7. The zero-order valence-corrected chi connectivity index (χ0v) is 13.7. The van der Waals surface area contributed by atoms with Crippen LogP contribution in [0.5, 0.6) is 11.5 Å². The van der Waals surface area contributed by atoms with Crippen molar-refractivity contribution in [3.05, 3.63) is 23.8 Å². The van der Waals surface area contributed by atoms with Crippen molar-refractivity contribution in [2.75, 3.05) is 6.79 Å². The number of hydrogen-bond acceptors (Lipinski definition) is 3. The Bertz CT molecular complexity index is 506. The lowest BCUT2D eigenvalue weighted by atomic mass is 9.63. The lowest BCUT2D eigenvalue weighted by Crippen LogP contribution is -2.43. The molecule has 21 heavy (non-hydrogen) atoms. The van der Waals surface area contributed by atoms with Crippen molar-refractivity contribution in [1.29, 1.82) is 0 Å². The van der Waals surface area contributed by atoms with E-state index in [0.717, 1.165) is 18.0 Å². The first-order valence-electron chi connectivity index (χ1n) is 7.96. The van der Waals surface area contributed by atoms with Crippen LogP contribution in [0.3, 0.4) is 0 Å². The molecule has 0 atom stereocenters. The van der Waals surface area contributed by atoms with Crippen molar-refractivity contribution >= 4 is 0 Å². The third-order valence-corrected chi connectivity index (χ3v) is 4.61. The van der Waals surface area contributed by atoms with Crippen LogP contribution in [0.1, 0.15) is 52.5 Å². The molecule has 1 heterocycles. The van der Waals surface area contributed by atoms with Gasteiger partial charge >= 0.3 is 0 Å². The van der Waals surface area contributed by atoms with Gasteiger partial charge in [-0.2, -0.15) is 0 Å². The van der Waals surface area contributed by atoms with Gasteiger partial charge in [0.25, 0.3) is 0 Å². The first-order valence-corrected chi connectivity index (χ1v) is 7.96. The Balaban J connectivity index is 1.67. The normalized spacial score (nSPS) is 23.2. The Labute approximate surface area is 128 Å². The molecule has 0 bridgehead atoms. The Hall–Kier alpha value is -1.22. The molecule has 3 heteroatoms. The Morgan fingerprint density at radius 2 is 1.81 bits per heavy atom. The zero-order chi connectivity index (χ0) is 15.1. The smallest absolute Gasteiger partial charge is 0.231 e. The third kappa shape index (κ3) is 3.34. The lowest BCUT2D eigenvalue weighted by Gasteiger charge is -2.45. The average molecular weight is 289 g/mol. The summed E-state index contributed by atoms with van der Waals surface area (Å²) in [6, 6.07) is 6.71. The summed E-state index contributed by atoms with van der Waals surface area (Å²) in [4.78, 5) is 0. The standard InChI is InChI=1S/C18H27NO2/c1-17(2)8-14(9-18(3,4)11-17)19-10-13-6-5-7-15-16(13)21-12-20-15/h5-7,14,19H,8-12H2,1-4H3. The molecule has 1 fully saturated rings. The predicted octanol–water partition coefficient (Wildman–Crippen LogP) is 4.11. The van der Waals surface area contributed by atoms with E-state index in [0.29, 0.717) is 23.7 Å². The fraction of sp³-hybridized carbons (Fsp3) is 0.667. The van der Waals surface area contributed by atoms with Crippen LogP contribution < -0.4 is 14.8 Å². The van der Waals surface area contributed by atoms with Crippen LogP contribution >= 0.6 is 0 Å². The highest BCUT2D eigenvalue weighted by atomic mass is 16.7. The van der Waals surface area contributed by atoms with Gasteiger partial charge < -0.3 is 14.8 Å². The third-order valence-electron chi connectivity index (χ3n) is 4.61. The van der Waals surface area contributed by atoms with Gasteiger partial charge in [0.2, 0.25) is 6.79 Å². The maximum Gasteiger partial charge on any atom is 0.231 e. The highest BCUT2D eigenvalue weighted by molar-refractivity contribution is 5.48. The summed E-state index contributed by atoms with van der Waals surface area (Å²) in [7, 11) is 0. The molecule has 1 N–H and O–H groups in total. The molecule has 0 saturated heterocycles. The van der Waals surface area contributed by atoms with Crippen molar-refractivity contribution in [2.24, 2.45) is 10.8 Å². The molecule has 1 saturated carbocycles. The maximum absolute atomic E-state index is 5.59. The molecule has 1 aromatic carbocycles. The molecular formula is C18H27NO2. The minimum atomic E-state index is 0.343. The molecule has 0 unspecified atom stereocenters. The summed E-state index contributed by atoms with van der Waals surface area (Å²) in [5.74, 6) is 1.79. The Kier molecular flexibility index (Phi) is 3.64. The van der Waals surface area contributed by atoms with Crippen molar-refractivity contribution in [1.82, 2.24) is 5.32 Å². The highest BCUT2D eigenvalue weighted by Gasteiger charge is 2.38. The SMILES string of the molecule is CC1(C)CC(NCc2cccc3c2OCO3)CC(C)(C)C1. The van der Waals surface area contributed by atoms with Crippen LogP contribution in [-0.2, 0) is 6.54 Å². The summed E-state index contributed by atoms with van der Waals surface area (Å²) < 4.78 is 11.0. The van der Waals surface area contributed by atoms with Gasteiger partial charge in [-0.05, 0) is 36.2 Å². The summed E-state index contributed by atoms with van der Waals surface area (Å²) in [6.45, 7) is 10.7. The van der Waals surface area contributed by atoms with E-state index in [1.807, 2.05) is 12.1 Å².